The van der Waals surface area contributed by atoms with Crippen LogP contribution in [0.25, 0.3) is 15.9 Å². The highest BCUT2D eigenvalue weighted by Crippen LogP contribution is 2.36. The minimum absolute atomic E-state index is 0.0619. The zero-order valence-electron chi connectivity index (χ0n) is 20.7. The van der Waals surface area contributed by atoms with Crippen LogP contribution >= 0.6 is 0 Å². The van der Waals surface area contributed by atoms with Crippen molar-refractivity contribution < 1.29 is 18.3 Å². The van der Waals surface area contributed by atoms with Gasteiger partial charge in [-0.2, -0.15) is 0 Å². The van der Waals surface area contributed by atoms with Crippen molar-refractivity contribution in [1.82, 2.24) is 19.4 Å². The Bertz CT molecular complexity index is 1470. The van der Waals surface area contributed by atoms with Crippen LogP contribution in [0.5, 0.6) is 0 Å². The molecule has 2 N–H and O–H groups in total. The second-order valence-electron chi connectivity index (χ2n) is 9.77. The second kappa shape index (κ2) is 9.38. The van der Waals surface area contributed by atoms with Crippen molar-refractivity contribution in [3.05, 3.63) is 52.0 Å². The molecule has 10 nitrogen and oxygen atoms in total. The smallest absolute Gasteiger partial charge is 0.407 e. The Morgan fingerprint density at radius 3 is 2.59 bits per heavy atom. The normalized spacial score (nSPS) is 23.6. The van der Waals surface area contributed by atoms with Crippen LogP contribution < -0.4 is 21.2 Å². The maximum atomic E-state index is 15.0. The maximum Gasteiger partial charge on any atom is 0.407 e. The lowest BCUT2D eigenvalue weighted by atomic mass is 9.89. The lowest BCUT2D eigenvalue weighted by Crippen LogP contribution is -2.46. The molecule has 2 saturated heterocycles. The van der Waals surface area contributed by atoms with Crippen molar-refractivity contribution in [1.29, 1.82) is 0 Å². The number of hydrogen-bond acceptors (Lipinski definition) is 6. The number of fused-ring (bicyclic) bond motifs is 1. The first-order valence-corrected chi connectivity index (χ1v) is 12.0. The minimum Gasteiger partial charge on any atom is -0.442 e. The number of pyridine rings is 1. The first-order chi connectivity index (χ1) is 17.7. The fourth-order valence-electron chi connectivity index (χ4n) is 5.12. The number of carbonyl (C=O) groups is 1. The number of carbonyl (C=O) groups excluding carboxylic acids is 1. The van der Waals surface area contributed by atoms with Gasteiger partial charge in [0.05, 0.1) is 30.7 Å². The van der Waals surface area contributed by atoms with E-state index in [0.29, 0.717) is 42.2 Å². The molecule has 5 rings (SSSR count). The molecule has 0 bridgehead atoms. The third-order valence-corrected chi connectivity index (χ3v) is 7.00. The van der Waals surface area contributed by atoms with Crippen molar-refractivity contribution in [3.8, 4) is 0 Å². The summed E-state index contributed by atoms with van der Waals surface area (Å²) in [4.78, 5) is 34.0. The molecule has 4 heterocycles. The van der Waals surface area contributed by atoms with Gasteiger partial charge in [0.15, 0.2) is 11.6 Å². The predicted octanol–water partition coefficient (Wildman–Crippen LogP) is 3.71. The zero-order chi connectivity index (χ0) is 26.4. The molecule has 0 saturated carbocycles. The van der Waals surface area contributed by atoms with Gasteiger partial charge in [-0.15, -0.1) is 0 Å². The van der Waals surface area contributed by atoms with Gasteiger partial charge in [0.25, 0.3) is 0 Å². The van der Waals surface area contributed by atoms with Crippen molar-refractivity contribution in [2.75, 3.05) is 29.9 Å². The lowest BCUT2D eigenvalue weighted by molar-refractivity contribution is 0.131. The highest BCUT2D eigenvalue weighted by molar-refractivity contribution is 5.82. The number of amides is 1. The quantitative estimate of drug-likeness (QED) is 0.507. The number of aryl methyl sites for hydroxylation is 1. The molecular weight excluding hydrogens is 484 g/mol. The molecule has 2 aliphatic rings. The van der Waals surface area contributed by atoms with Gasteiger partial charge in [-0.1, -0.05) is 13.8 Å². The number of nitrogens with one attached hydrogen (secondary N) is 2. The van der Waals surface area contributed by atoms with Crippen LogP contribution in [0.3, 0.4) is 0 Å². The van der Waals surface area contributed by atoms with E-state index in [4.69, 9.17) is 11.3 Å². The van der Waals surface area contributed by atoms with E-state index >= 15 is 0 Å². The van der Waals surface area contributed by atoms with Gasteiger partial charge >= 0.3 is 11.8 Å². The van der Waals surface area contributed by atoms with Gasteiger partial charge in [0.1, 0.15) is 18.1 Å². The Balaban J connectivity index is 1.48. The SMILES string of the molecule is [C-]#[N+]c1cc(F)c(Nc2ccc3c(c2)n(C[C@@H]2CNC(=O)O2)c(=O)n3C)nc1N1C[C@@H](C)C(F)[C@@H](C)C1. The molecule has 194 valence electrons. The number of rotatable bonds is 5. The summed E-state index contributed by atoms with van der Waals surface area (Å²) >= 11 is 0. The van der Waals surface area contributed by atoms with Crippen LogP contribution in [0.15, 0.2) is 29.1 Å². The summed E-state index contributed by atoms with van der Waals surface area (Å²) in [7, 11) is 1.65. The number of ether oxygens (including phenoxy) is 1. The standard InChI is InChI=1S/C25H27F2N7O3/c1-13-10-33(11-14(2)21(13)27)23-18(28-3)8-17(26)22(31-23)30-15-5-6-19-20(7-15)34(25(36)32(19)4)12-16-9-29-24(35)37-16/h5-8,13-14,16,21H,9-12H2,1-2,4H3,(H,29,35)(H,30,31)/t13-,14+,16-,21?/m0/s1. The van der Waals surface area contributed by atoms with Crippen LogP contribution in [-0.4, -0.2) is 52.1 Å². The number of benzene rings is 1. The van der Waals surface area contributed by atoms with Crippen molar-refractivity contribution in [2.45, 2.75) is 32.7 Å². The summed E-state index contributed by atoms with van der Waals surface area (Å²) in [5.74, 6) is -0.985. The number of nitrogens with zero attached hydrogens (tertiary/aromatic N) is 5. The first kappa shape index (κ1) is 24.5. The van der Waals surface area contributed by atoms with Crippen molar-refractivity contribution in [2.24, 2.45) is 18.9 Å². The molecule has 2 aromatic heterocycles. The molecular formula is C25H27F2N7O3. The van der Waals surface area contributed by atoms with E-state index in [9.17, 15) is 18.4 Å². The van der Waals surface area contributed by atoms with Crippen LogP contribution in [0.1, 0.15) is 13.8 Å². The summed E-state index contributed by atoms with van der Waals surface area (Å²) in [5, 5.41) is 5.54. The molecule has 1 amide bonds. The Hall–Kier alpha value is -4.14. The largest absolute Gasteiger partial charge is 0.442 e. The molecule has 0 radical (unpaired) electrons. The molecule has 2 aliphatic heterocycles. The molecule has 1 aromatic carbocycles. The van der Waals surface area contributed by atoms with Gasteiger partial charge in [0.2, 0.25) is 5.69 Å². The van der Waals surface area contributed by atoms with Crippen molar-refractivity contribution in [3.63, 3.8) is 0 Å². The maximum absolute atomic E-state index is 15.0. The third-order valence-electron chi connectivity index (χ3n) is 7.00. The molecule has 4 atom stereocenters. The number of piperidine rings is 1. The average Bonchev–Trinajstić information content (AvgIpc) is 3.39. The Morgan fingerprint density at radius 2 is 1.95 bits per heavy atom. The lowest BCUT2D eigenvalue weighted by Gasteiger charge is -2.39. The highest BCUT2D eigenvalue weighted by Gasteiger charge is 2.33. The highest BCUT2D eigenvalue weighted by atomic mass is 19.1. The number of alkyl halides is 1. The van der Waals surface area contributed by atoms with Crippen LogP contribution in [0.4, 0.5) is 36.6 Å². The summed E-state index contributed by atoms with van der Waals surface area (Å²) < 4.78 is 37.6. The van der Waals surface area contributed by atoms with Gasteiger partial charge in [-0.25, -0.2) is 28.2 Å². The Kier molecular flexibility index (Phi) is 6.23. The monoisotopic (exact) mass is 511 g/mol. The molecule has 0 aliphatic carbocycles. The number of alkyl carbamates (subject to hydrolysis) is 1. The number of cyclic esters (lactones) is 1. The first-order valence-electron chi connectivity index (χ1n) is 12.0. The van der Waals surface area contributed by atoms with Crippen LogP contribution in [-0.2, 0) is 18.3 Å². The van der Waals surface area contributed by atoms with Crippen LogP contribution in [0, 0.1) is 24.2 Å². The summed E-state index contributed by atoms with van der Waals surface area (Å²) in [6.07, 6.45) is -1.97. The van der Waals surface area contributed by atoms with E-state index in [1.54, 1.807) is 25.2 Å². The molecule has 0 spiro atoms. The van der Waals surface area contributed by atoms with Gasteiger partial charge in [-0.05, 0) is 24.3 Å². The van der Waals surface area contributed by atoms with E-state index in [2.05, 4.69) is 20.5 Å². The number of anilines is 3. The Morgan fingerprint density at radius 1 is 1.22 bits per heavy atom. The fraction of sp³-hybridized carbons (Fsp3) is 0.440. The molecule has 2 fully saturated rings. The second-order valence-corrected chi connectivity index (χ2v) is 9.77. The number of hydrogen-bond donors (Lipinski definition) is 2. The van der Waals surface area contributed by atoms with Crippen LogP contribution in [0.2, 0.25) is 0 Å². The Labute approximate surface area is 211 Å². The summed E-state index contributed by atoms with van der Waals surface area (Å²) in [6.45, 7) is 12.3. The number of imidazole rings is 1. The van der Waals surface area contributed by atoms with Gasteiger partial charge in [-0.3, -0.25) is 9.13 Å². The molecule has 1 unspecified atom stereocenters. The summed E-state index contributed by atoms with van der Waals surface area (Å²) in [6, 6.07) is 6.26. The number of aromatic nitrogens is 3. The zero-order valence-corrected chi connectivity index (χ0v) is 20.7. The third kappa shape index (κ3) is 4.45. The molecule has 37 heavy (non-hydrogen) atoms. The van der Waals surface area contributed by atoms with Gasteiger partial charge < -0.3 is 20.3 Å². The molecule has 3 aromatic rings. The minimum atomic E-state index is -0.954. The predicted molar refractivity (Wildman–Crippen MR) is 135 cm³/mol. The average molecular weight is 512 g/mol. The van der Waals surface area contributed by atoms with E-state index in [1.807, 2.05) is 18.7 Å². The van der Waals surface area contributed by atoms with E-state index < -0.39 is 24.2 Å². The van der Waals surface area contributed by atoms with Gasteiger partial charge in [0, 0.05) is 37.7 Å². The molecule has 12 heteroatoms. The topological polar surface area (TPSA) is 97.8 Å². The number of halogens is 2. The van der Waals surface area contributed by atoms with Crippen molar-refractivity contribution >= 4 is 40.1 Å². The van der Waals surface area contributed by atoms with E-state index in [0.717, 1.165) is 6.07 Å². The fourth-order valence-corrected chi connectivity index (χ4v) is 5.12. The summed E-state index contributed by atoms with van der Waals surface area (Å²) in [5.41, 5.74) is 1.49. The van der Waals surface area contributed by atoms with E-state index in [-0.39, 0.29) is 35.6 Å². The van der Waals surface area contributed by atoms with E-state index in [1.165, 1.54) is 9.13 Å².